The molecule has 1 aliphatic heterocycles. The van der Waals surface area contributed by atoms with Crippen molar-refractivity contribution in [2.45, 2.75) is 31.0 Å². The lowest BCUT2D eigenvalue weighted by Crippen LogP contribution is -2.56. The van der Waals surface area contributed by atoms with Gasteiger partial charge in [-0.05, 0) is 36.2 Å². The number of hydrogen-bond donors (Lipinski definition) is 0. The maximum Gasteiger partial charge on any atom is 0.417 e. The van der Waals surface area contributed by atoms with Crippen molar-refractivity contribution in [3.63, 3.8) is 0 Å². The third-order valence-electron chi connectivity index (χ3n) is 5.41. The summed E-state index contributed by atoms with van der Waals surface area (Å²) < 4.78 is 62.7. The molecule has 0 amide bonds. The maximum atomic E-state index is 12.9. The summed E-state index contributed by atoms with van der Waals surface area (Å²) in [5.41, 5.74) is -0.00813. The number of piperazine rings is 1. The Morgan fingerprint density at radius 2 is 1.90 bits per heavy atom. The number of halogens is 3. The minimum Gasteiger partial charge on any atom is -0.368 e. The van der Waals surface area contributed by atoms with Gasteiger partial charge in [0.15, 0.2) is 9.84 Å². The zero-order chi connectivity index (χ0) is 23.0. The van der Waals surface area contributed by atoms with Crippen molar-refractivity contribution in [2.75, 3.05) is 35.7 Å². The molecule has 1 aromatic carbocycles. The molecule has 1 fully saturated rings. The number of alkyl halides is 3. The summed E-state index contributed by atoms with van der Waals surface area (Å²) in [7, 11) is -3.57. The van der Waals surface area contributed by atoms with Crippen molar-refractivity contribution >= 4 is 21.3 Å². The highest BCUT2D eigenvalue weighted by atomic mass is 32.2. The van der Waals surface area contributed by atoms with E-state index in [4.69, 9.17) is 0 Å². The maximum absolute atomic E-state index is 12.9. The van der Waals surface area contributed by atoms with Gasteiger partial charge in [-0.3, -0.25) is 0 Å². The van der Waals surface area contributed by atoms with Crippen LogP contribution in [0.2, 0.25) is 0 Å². The molecule has 0 unspecified atom stereocenters. The molecule has 0 radical (unpaired) electrons. The van der Waals surface area contributed by atoms with E-state index in [2.05, 4.69) is 4.98 Å². The number of nitriles is 1. The van der Waals surface area contributed by atoms with Crippen molar-refractivity contribution in [3.8, 4) is 6.07 Å². The number of nitrogens with zero attached hydrogens (tertiary/aromatic N) is 4. The van der Waals surface area contributed by atoms with Crippen LogP contribution < -0.4 is 9.80 Å². The average molecular weight is 453 g/mol. The summed E-state index contributed by atoms with van der Waals surface area (Å²) in [6.45, 7) is 5.61. The van der Waals surface area contributed by atoms with Crippen LogP contribution in [0.15, 0.2) is 41.4 Å². The lowest BCUT2D eigenvalue weighted by Gasteiger charge is -2.45. The smallest absolute Gasteiger partial charge is 0.368 e. The Hall–Kier alpha value is -2.80. The second-order valence-corrected chi connectivity index (χ2v) is 9.90. The van der Waals surface area contributed by atoms with E-state index in [1.807, 2.05) is 29.7 Å². The van der Waals surface area contributed by atoms with Crippen LogP contribution in [-0.4, -0.2) is 45.3 Å². The Morgan fingerprint density at radius 1 is 1.19 bits per heavy atom. The van der Waals surface area contributed by atoms with Crippen LogP contribution in [0.25, 0.3) is 0 Å². The summed E-state index contributed by atoms with van der Waals surface area (Å²) in [5.74, 6) is 0.641. The number of sulfone groups is 1. The minimum atomic E-state index is -4.44. The molecule has 10 heteroatoms. The Balaban J connectivity index is 1.88. The third-order valence-corrected chi connectivity index (χ3v) is 6.54. The van der Waals surface area contributed by atoms with E-state index in [0.717, 1.165) is 18.5 Å². The molecule has 0 N–H and O–H groups in total. The number of rotatable bonds is 4. The Bertz CT molecular complexity index is 1090. The second kappa shape index (κ2) is 8.38. The Labute approximate surface area is 179 Å². The fourth-order valence-electron chi connectivity index (χ4n) is 3.73. The van der Waals surface area contributed by atoms with Crippen LogP contribution >= 0.6 is 0 Å². The standard InChI is InChI=1S/C21H23F3N4O2S/c1-14(2)18-13-27(17-6-4-15(11-25)19(10-17)31(3,29)30)8-9-28(18)20-7-5-16(12-26-20)21(22,23)24/h4-7,10,12,14,18H,8-9,13H2,1-3H3/t18-/m0/s1. The number of hydrogen-bond acceptors (Lipinski definition) is 6. The summed E-state index contributed by atoms with van der Waals surface area (Å²) in [5, 5.41) is 9.22. The normalized spacial score (nSPS) is 17.7. The fourth-order valence-corrected chi connectivity index (χ4v) is 4.58. The molecule has 1 aromatic heterocycles. The highest BCUT2D eigenvalue weighted by Crippen LogP contribution is 2.32. The minimum absolute atomic E-state index is 0.0135. The highest BCUT2D eigenvalue weighted by molar-refractivity contribution is 7.90. The van der Waals surface area contributed by atoms with E-state index in [9.17, 15) is 26.9 Å². The van der Waals surface area contributed by atoms with Crippen molar-refractivity contribution in [1.29, 1.82) is 5.26 Å². The number of anilines is 2. The summed E-state index contributed by atoms with van der Waals surface area (Å²) in [6.07, 6.45) is -2.52. The van der Waals surface area contributed by atoms with Gasteiger partial charge in [-0.15, -0.1) is 0 Å². The van der Waals surface area contributed by atoms with Crippen LogP contribution in [0.4, 0.5) is 24.7 Å². The van der Waals surface area contributed by atoms with Gasteiger partial charge in [0.1, 0.15) is 11.9 Å². The predicted octanol–water partition coefficient (Wildman–Crippen LogP) is 3.73. The molecule has 0 saturated carbocycles. The zero-order valence-electron chi connectivity index (χ0n) is 17.4. The lowest BCUT2D eigenvalue weighted by molar-refractivity contribution is -0.137. The first-order valence-corrected chi connectivity index (χ1v) is 11.6. The van der Waals surface area contributed by atoms with E-state index >= 15 is 0 Å². The quantitative estimate of drug-likeness (QED) is 0.704. The first kappa shape index (κ1) is 22.9. The number of pyridine rings is 1. The monoisotopic (exact) mass is 452 g/mol. The fraction of sp³-hybridized carbons (Fsp3) is 0.429. The predicted molar refractivity (Wildman–Crippen MR) is 112 cm³/mol. The van der Waals surface area contributed by atoms with Crippen LogP contribution in [0, 0.1) is 17.2 Å². The topological polar surface area (TPSA) is 77.3 Å². The van der Waals surface area contributed by atoms with Crippen molar-refractivity contribution in [3.05, 3.63) is 47.7 Å². The third kappa shape index (κ3) is 4.93. The van der Waals surface area contributed by atoms with Gasteiger partial charge in [0.2, 0.25) is 0 Å². The molecule has 31 heavy (non-hydrogen) atoms. The van der Waals surface area contributed by atoms with Gasteiger partial charge in [0.25, 0.3) is 0 Å². The molecule has 2 heterocycles. The molecule has 166 valence electrons. The van der Waals surface area contributed by atoms with Gasteiger partial charge in [-0.1, -0.05) is 13.8 Å². The van der Waals surface area contributed by atoms with Crippen molar-refractivity contribution in [1.82, 2.24) is 4.98 Å². The van der Waals surface area contributed by atoms with Crippen LogP contribution in [0.5, 0.6) is 0 Å². The van der Waals surface area contributed by atoms with E-state index < -0.39 is 21.6 Å². The molecule has 0 spiro atoms. The summed E-state index contributed by atoms with van der Waals surface area (Å²) in [6, 6.07) is 9.01. The first-order valence-electron chi connectivity index (χ1n) is 9.71. The Kier molecular flexibility index (Phi) is 6.18. The van der Waals surface area contributed by atoms with E-state index in [-0.39, 0.29) is 22.4 Å². The van der Waals surface area contributed by atoms with Gasteiger partial charge < -0.3 is 9.80 Å². The molecule has 3 rings (SSSR count). The number of aromatic nitrogens is 1. The molecular weight excluding hydrogens is 429 g/mol. The SMILES string of the molecule is CC(C)[C@@H]1CN(c2ccc(C#N)c(S(C)(=O)=O)c2)CCN1c1ccc(C(F)(F)F)cn1. The Morgan fingerprint density at radius 3 is 2.42 bits per heavy atom. The van der Waals surface area contributed by atoms with Crippen LogP contribution in [0.1, 0.15) is 25.0 Å². The van der Waals surface area contributed by atoms with Gasteiger partial charge in [-0.25, -0.2) is 13.4 Å². The molecule has 0 aliphatic carbocycles. The van der Waals surface area contributed by atoms with Crippen molar-refractivity contribution < 1.29 is 21.6 Å². The van der Waals surface area contributed by atoms with Crippen LogP contribution in [-0.2, 0) is 16.0 Å². The largest absolute Gasteiger partial charge is 0.417 e. The molecule has 1 aliphatic rings. The van der Waals surface area contributed by atoms with E-state index in [1.54, 1.807) is 6.07 Å². The molecule has 1 atom stereocenters. The molecule has 2 aromatic rings. The van der Waals surface area contributed by atoms with Gasteiger partial charge in [0.05, 0.1) is 22.1 Å². The number of benzene rings is 1. The van der Waals surface area contributed by atoms with E-state index in [0.29, 0.717) is 31.1 Å². The highest BCUT2D eigenvalue weighted by Gasteiger charge is 2.33. The summed E-state index contributed by atoms with van der Waals surface area (Å²) in [4.78, 5) is 8.04. The molecule has 0 bridgehead atoms. The van der Waals surface area contributed by atoms with Crippen LogP contribution in [0.3, 0.4) is 0 Å². The summed E-state index contributed by atoms with van der Waals surface area (Å²) >= 11 is 0. The first-order chi connectivity index (χ1) is 14.4. The van der Waals surface area contributed by atoms with Gasteiger partial charge in [0, 0.05) is 37.8 Å². The second-order valence-electron chi connectivity index (χ2n) is 7.92. The van der Waals surface area contributed by atoms with E-state index in [1.165, 1.54) is 18.2 Å². The molecule has 6 nitrogen and oxygen atoms in total. The molecular formula is C21H23F3N4O2S. The van der Waals surface area contributed by atoms with Gasteiger partial charge in [-0.2, -0.15) is 18.4 Å². The van der Waals surface area contributed by atoms with Gasteiger partial charge >= 0.3 is 6.18 Å². The average Bonchev–Trinajstić information content (AvgIpc) is 2.71. The zero-order valence-corrected chi connectivity index (χ0v) is 18.2. The molecule has 1 saturated heterocycles. The van der Waals surface area contributed by atoms with Crippen molar-refractivity contribution in [2.24, 2.45) is 5.92 Å². The lowest BCUT2D eigenvalue weighted by atomic mass is 9.98.